The molecule has 5 nitrogen and oxygen atoms in total. The fourth-order valence-electron chi connectivity index (χ4n) is 2.11. The number of nitrogens with one attached hydrogen (secondary N) is 1. The van der Waals surface area contributed by atoms with Gasteiger partial charge in [-0.15, -0.1) is 0 Å². The molecule has 1 N–H and O–H groups in total. The van der Waals surface area contributed by atoms with Gasteiger partial charge in [0.15, 0.2) is 0 Å². The zero-order valence-electron chi connectivity index (χ0n) is 11.9. The summed E-state index contributed by atoms with van der Waals surface area (Å²) in [6.45, 7) is 3.78. The summed E-state index contributed by atoms with van der Waals surface area (Å²) >= 11 is 3.46. The molecule has 0 aliphatic carbocycles. The van der Waals surface area contributed by atoms with Crippen LogP contribution in [0.25, 0.3) is 0 Å². The van der Waals surface area contributed by atoms with Crippen molar-refractivity contribution in [2.45, 2.75) is 0 Å². The number of benzene rings is 1. The van der Waals surface area contributed by atoms with E-state index in [1.165, 1.54) is 0 Å². The van der Waals surface area contributed by atoms with Gasteiger partial charge < -0.3 is 19.9 Å². The zero-order chi connectivity index (χ0) is 14.5. The van der Waals surface area contributed by atoms with Crippen LogP contribution in [-0.2, 0) is 4.79 Å². The number of methoxy groups -OCH3 is 1. The lowest BCUT2D eigenvalue weighted by atomic mass is 10.3. The molecule has 1 saturated heterocycles. The third-order valence-electron chi connectivity index (χ3n) is 3.46. The summed E-state index contributed by atoms with van der Waals surface area (Å²) in [5.41, 5.74) is 0.867. The molecule has 0 radical (unpaired) electrons. The van der Waals surface area contributed by atoms with E-state index in [-0.39, 0.29) is 5.91 Å². The number of carbonyl (C=O) groups is 1. The first-order valence-electron chi connectivity index (χ1n) is 6.64. The highest BCUT2D eigenvalue weighted by Crippen LogP contribution is 2.26. The molecule has 0 aromatic heterocycles. The van der Waals surface area contributed by atoms with Crippen LogP contribution >= 0.6 is 15.9 Å². The second kappa shape index (κ2) is 6.95. The van der Waals surface area contributed by atoms with E-state index in [0.717, 1.165) is 42.1 Å². The molecule has 0 bridgehead atoms. The summed E-state index contributed by atoms with van der Waals surface area (Å²) < 4.78 is 6.10. The molecule has 20 heavy (non-hydrogen) atoms. The van der Waals surface area contributed by atoms with Crippen LogP contribution in [0.1, 0.15) is 0 Å². The highest BCUT2D eigenvalue weighted by molar-refractivity contribution is 9.10. The predicted octanol–water partition coefficient (Wildman–Crippen LogP) is 1.64. The molecule has 1 aromatic carbocycles. The third-order valence-corrected chi connectivity index (χ3v) is 4.15. The van der Waals surface area contributed by atoms with E-state index in [0.29, 0.717) is 6.54 Å². The first kappa shape index (κ1) is 15.1. The lowest BCUT2D eigenvalue weighted by Gasteiger charge is -2.32. The Morgan fingerprint density at radius 2 is 2.05 bits per heavy atom. The molecule has 0 atom stereocenters. The average molecular weight is 342 g/mol. The molecule has 1 fully saturated rings. The molecule has 1 aliphatic rings. The topological polar surface area (TPSA) is 44.8 Å². The largest absolute Gasteiger partial charge is 0.497 e. The predicted molar refractivity (Wildman–Crippen MR) is 83.3 cm³/mol. The number of halogens is 1. The lowest BCUT2D eigenvalue weighted by molar-refractivity contribution is -0.130. The van der Waals surface area contributed by atoms with Gasteiger partial charge in [0.1, 0.15) is 5.75 Å². The Hall–Kier alpha value is -1.27. The second-order valence-electron chi connectivity index (χ2n) is 4.88. The molecule has 0 unspecified atom stereocenters. The minimum atomic E-state index is 0.132. The molecule has 0 saturated carbocycles. The molecule has 1 aliphatic heterocycles. The first-order chi connectivity index (χ1) is 9.60. The summed E-state index contributed by atoms with van der Waals surface area (Å²) in [6, 6.07) is 5.65. The van der Waals surface area contributed by atoms with Crippen molar-refractivity contribution >= 4 is 27.5 Å². The van der Waals surface area contributed by atoms with E-state index in [9.17, 15) is 4.79 Å². The summed E-state index contributed by atoms with van der Waals surface area (Å²) in [5, 5.41) is 3.16. The van der Waals surface area contributed by atoms with Crippen molar-refractivity contribution in [1.29, 1.82) is 0 Å². The van der Waals surface area contributed by atoms with E-state index >= 15 is 0 Å². The maximum atomic E-state index is 12.1. The monoisotopic (exact) mass is 341 g/mol. The maximum absolute atomic E-state index is 12.1. The fourth-order valence-corrected chi connectivity index (χ4v) is 2.49. The Kier molecular flexibility index (Phi) is 5.25. The molecule has 110 valence electrons. The lowest BCUT2D eigenvalue weighted by Crippen LogP contribution is -2.48. The number of carbonyl (C=O) groups excluding carboxylic acids is 1. The van der Waals surface area contributed by atoms with E-state index in [1.807, 2.05) is 23.1 Å². The minimum absolute atomic E-state index is 0.132. The smallest absolute Gasteiger partial charge is 0.241 e. The summed E-state index contributed by atoms with van der Waals surface area (Å²) in [6.07, 6.45) is 0. The van der Waals surface area contributed by atoms with Crippen LogP contribution < -0.4 is 10.1 Å². The van der Waals surface area contributed by atoms with Crippen LogP contribution in [0.2, 0.25) is 0 Å². The quantitative estimate of drug-likeness (QED) is 0.904. The van der Waals surface area contributed by atoms with Crippen LogP contribution in [0.4, 0.5) is 5.69 Å². The molecule has 2 rings (SSSR count). The van der Waals surface area contributed by atoms with E-state index < -0.39 is 0 Å². The molecule has 6 heteroatoms. The Morgan fingerprint density at radius 3 is 2.70 bits per heavy atom. The number of likely N-dealkylation sites (N-methyl/N-ethyl adjacent to an activating group) is 1. The second-order valence-corrected chi connectivity index (χ2v) is 5.74. The number of hydrogen-bond donors (Lipinski definition) is 1. The van der Waals surface area contributed by atoms with Crippen molar-refractivity contribution < 1.29 is 9.53 Å². The van der Waals surface area contributed by atoms with Crippen LogP contribution in [0, 0.1) is 0 Å². The number of anilines is 1. The van der Waals surface area contributed by atoms with Gasteiger partial charge >= 0.3 is 0 Å². The third kappa shape index (κ3) is 3.86. The Balaban J connectivity index is 1.90. The minimum Gasteiger partial charge on any atom is -0.497 e. The van der Waals surface area contributed by atoms with Gasteiger partial charge in [0.25, 0.3) is 0 Å². The number of ether oxygens (including phenoxy) is 1. The van der Waals surface area contributed by atoms with Crippen molar-refractivity contribution in [2.75, 3.05) is 52.2 Å². The first-order valence-corrected chi connectivity index (χ1v) is 7.43. The molecular formula is C14H20BrN3O2. The van der Waals surface area contributed by atoms with Crippen molar-refractivity contribution in [3.05, 3.63) is 22.7 Å². The number of piperazine rings is 1. The van der Waals surface area contributed by atoms with Crippen molar-refractivity contribution in [2.24, 2.45) is 0 Å². The highest BCUT2D eigenvalue weighted by atomic mass is 79.9. The maximum Gasteiger partial charge on any atom is 0.241 e. The van der Waals surface area contributed by atoms with E-state index in [1.54, 1.807) is 7.11 Å². The number of nitrogens with zero attached hydrogens (tertiary/aromatic N) is 2. The van der Waals surface area contributed by atoms with Gasteiger partial charge in [0.2, 0.25) is 5.91 Å². The van der Waals surface area contributed by atoms with Gasteiger partial charge in [0, 0.05) is 36.7 Å². The Bertz CT molecular complexity index is 473. The average Bonchev–Trinajstić information content (AvgIpc) is 2.47. The van der Waals surface area contributed by atoms with Gasteiger partial charge in [0.05, 0.1) is 19.3 Å². The standard InChI is InChI=1S/C14H20BrN3O2/c1-17-5-7-18(8-6-17)14(19)10-16-13-9-11(20-2)3-4-12(13)15/h3-4,9,16H,5-8,10H2,1-2H3. The van der Waals surface area contributed by atoms with Gasteiger partial charge in [-0.05, 0) is 35.1 Å². The molecule has 1 amide bonds. The highest BCUT2D eigenvalue weighted by Gasteiger charge is 2.18. The fraction of sp³-hybridized carbons (Fsp3) is 0.500. The number of hydrogen-bond acceptors (Lipinski definition) is 4. The van der Waals surface area contributed by atoms with Crippen LogP contribution in [0.3, 0.4) is 0 Å². The van der Waals surface area contributed by atoms with E-state index in [2.05, 4.69) is 33.2 Å². The Labute approximate surface area is 128 Å². The SMILES string of the molecule is COc1ccc(Br)c(NCC(=O)N2CCN(C)CC2)c1. The van der Waals surface area contributed by atoms with Gasteiger partial charge in [-0.3, -0.25) is 4.79 Å². The van der Waals surface area contributed by atoms with Crippen molar-refractivity contribution in [1.82, 2.24) is 9.80 Å². The molecule has 1 heterocycles. The van der Waals surface area contributed by atoms with Gasteiger partial charge in [-0.2, -0.15) is 0 Å². The normalized spacial score (nSPS) is 16.1. The number of amides is 1. The molecule has 1 aromatic rings. The summed E-state index contributed by atoms with van der Waals surface area (Å²) in [4.78, 5) is 16.3. The summed E-state index contributed by atoms with van der Waals surface area (Å²) in [5.74, 6) is 0.899. The van der Waals surface area contributed by atoms with Crippen LogP contribution in [0.5, 0.6) is 5.75 Å². The molecule has 0 spiro atoms. The van der Waals surface area contributed by atoms with Crippen LogP contribution in [0.15, 0.2) is 22.7 Å². The van der Waals surface area contributed by atoms with E-state index in [4.69, 9.17) is 4.74 Å². The van der Waals surface area contributed by atoms with Crippen LogP contribution in [-0.4, -0.2) is 62.6 Å². The summed E-state index contributed by atoms with van der Waals surface area (Å²) in [7, 11) is 3.70. The Morgan fingerprint density at radius 1 is 1.35 bits per heavy atom. The van der Waals surface area contributed by atoms with Gasteiger partial charge in [-0.25, -0.2) is 0 Å². The molecular weight excluding hydrogens is 322 g/mol. The zero-order valence-corrected chi connectivity index (χ0v) is 13.4. The van der Waals surface area contributed by atoms with Crippen molar-refractivity contribution in [3.8, 4) is 5.75 Å². The van der Waals surface area contributed by atoms with Crippen molar-refractivity contribution in [3.63, 3.8) is 0 Å². The number of rotatable bonds is 4. The van der Waals surface area contributed by atoms with Gasteiger partial charge in [-0.1, -0.05) is 0 Å².